The highest BCUT2D eigenvalue weighted by Crippen LogP contribution is 2.22. The summed E-state index contributed by atoms with van der Waals surface area (Å²) in [5, 5.41) is 9.83. The van der Waals surface area contributed by atoms with E-state index in [9.17, 15) is 4.79 Å². The fourth-order valence-electron chi connectivity index (χ4n) is 2.09. The average Bonchev–Trinajstić information content (AvgIpc) is 3.15. The van der Waals surface area contributed by atoms with Gasteiger partial charge < -0.3 is 5.32 Å². The molecule has 2 heterocycles. The van der Waals surface area contributed by atoms with Gasteiger partial charge in [-0.05, 0) is 30.5 Å². The fourth-order valence-corrected chi connectivity index (χ4v) is 3.03. The van der Waals surface area contributed by atoms with E-state index in [0.717, 1.165) is 18.5 Å². The number of rotatable bonds is 5. The lowest BCUT2D eigenvalue weighted by atomic mass is 10.1. The van der Waals surface area contributed by atoms with Crippen LogP contribution in [0.3, 0.4) is 0 Å². The molecule has 0 atom stereocenters. The molecule has 0 bridgehead atoms. The zero-order chi connectivity index (χ0) is 15.4. The standard InChI is InChI=1S/C16H14ClN3OS/c17-14-9-8-13(22-14)16(21)18-15-10-12(19-20-15)7-6-11-4-2-1-3-5-11/h1-5,8-10H,6-7H2,(H2,18,19,20,21). The molecule has 4 nitrogen and oxygen atoms in total. The summed E-state index contributed by atoms with van der Waals surface area (Å²) in [5.41, 5.74) is 2.26. The Labute approximate surface area is 137 Å². The van der Waals surface area contributed by atoms with E-state index in [1.807, 2.05) is 24.3 Å². The summed E-state index contributed by atoms with van der Waals surface area (Å²) >= 11 is 7.07. The summed E-state index contributed by atoms with van der Waals surface area (Å²) in [4.78, 5) is 12.6. The maximum atomic E-state index is 12.0. The molecule has 0 unspecified atom stereocenters. The molecule has 3 rings (SSSR count). The first-order chi connectivity index (χ1) is 10.7. The zero-order valence-corrected chi connectivity index (χ0v) is 13.2. The molecule has 0 radical (unpaired) electrons. The van der Waals surface area contributed by atoms with Crippen LogP contribution < -0.4 is 5.32 Å². The molecule has 0 aliphatic rings. The fraction of sp³-hybridized carbons (Fsp3) is 0.125. The van der Waals surface area contributed by atoms with Crippen molar-refractivity contribution >= 4 is 34.7 Å². The van der Waals surface area contributed by atoms with Gasteiger partial charge in [-0.25, -0.2) is 0 Å². The number of nitrogens with one attached hydrogen (secondary N) is 2. The van der Waals surface area contributed by atoms with Crippen molar-refractivity contribution in [1.82, 2.24) is 10.2 Å². The third-order valence-corrected chi connectivity index (χ3v) is 4.43. The van der Waals surface area contributed by atoms with Gasteiger partial charge in [0.2, 0.25) is 0 Å². The Balaban J connectivity index is 1.58. The van der Waals surface area contributed by atoms with Crippen LogP contribution in [-0.4, -0.2) is 16.1 Å². The van der Waals surface area contributed by atoms with Crippen molar-refractivity contribution in [3.05, 3.63) is 69.0 Å². The second-order valence-electron chi connectivity index (χ2n) is 4.82. The number of carbonyl (C=O) groups excluding carboxylic acids is 1. The van der Waals surface area contributed by atoms with Crippen LogP contribution in [0.25, 0.3) is 0 Å². The minimum Gasteiger partial charge on any atom is -0.304 e. The van der Waals surface area contributed by atoms with Gasteiger partial charge in [-0.3, -0.25) is 9.89 Å². The van der Waals surface area contributed by atoms with E-state index in [1.165, 1.54) is 16.9 Å². The lowest BCUT2D eigenvalue weighted by Crippen LogP contribution is -2.10. The molecule has 0 fully saturated rings. The number of aryl methyl sites for hydroxylation is 2. The highest BCUT2D eigenvalue weighted by molar-refractivity contribution is 7.18. The van der Waals surface area contributed by atoms with E-state index >= 15 is 0 Å². The molecule has 0 aliphatic heterocycles. The molecule has 0 saturated heterocycles. The van der Waals surface area contributed by atoms with Crippen molar-refractivity contribution in [2.75, 3.05) is 5.32 Å². The molecule has 1 aromatic carbocycles. The maximum absolute atomic E-state index is 12.0. The number of hydrogen-bond acceptors (Lipinski definition) is 3. The van der Waals surface area contributed by atoms with Gasteiger partial charge in [-0.1, -0.05) is 41.9 Å². The van der Waals surface area contributed by atoms with Gasteiger partial charge >= 0.3 is 0 Å². The van der Waals surface area contributed by atoms with Gasteiger partial charge in [0.05, 0.1) is 9.21 Å². The lowest BCUT2D eigenvalue weighted by molar-refractivity contribution is 0.103. The number of anilines is 1. The summed E-state index contributed by atoms with van der Waals surface area (Å²) < 4.78 is 0.593. The van der Waals surface area contributed by atoms with Gasteiger partial charge in [0, 0.05) is 11.8 Å². The lowest BCUT2D eigenvalue weighted by Gasteiger charge is -1.98. The normalized spacial score (nSPS) is 10.6. The summed E-state index contributed by atoms with van der Waals surface area (Å²) in [6, 6.07) is 15.5. The zero-order valence-electron chi connectivity index (χ0n) is 11.7. The van der Waals surface area contributed by atoms with Crippen LogP contribution in [0, 0.1) is 0 Å². The predicted octanol–water partition coefficient (Wildman–Crippen LogP) is 4.16. The number of H-pyrrole nitrogens is 1. The highest BCUT2D eigenvalue weighted by atomic mass is 35.5. The first-order valence-electron chi connectivity index (χ1n) is 6.85. The van der Waals surface area contributed by atoms with Gasteiger partial charge in [0.15, 0.2) is 5.82 Å². The quantitative estimate of drug-likeness (QED) is 0.737. The van der Waals surface area contributed by atoms with E-state index in [2.05, 4.69) is 27.6 Å². The molecular weight excluding hydrogens is 318 g/mol. The Morgan fingerprint density at radius 2 is 2.00 bits per heavy atom. The van der Waals surface area contributed by atoms with E-state index in [1.54, 1.807) is 12.1 Å². The monoisotopic (exact) mass is 331 g/mol. The van der Waals surface area contributed by atoms with Crippen LogP contribution in [0.2, 0.25) is 4.34 Å². The summed E-state index contributed by atoms with van der Waals surface area (Å²) in [7, 11) is 0. The van der Waals surface area contributed by atoms with E-state index in [4.69, 9.17) is 11.6 Å². The minimum absolute atomic E-state index is 0.196. The number of hydrogen-bond donors (Lipinski definition) is 2. The number of nitrogens with zero attached hydrogens (tertiary/aromatic N) is 1. The predicted molar refractivity (Wildman–Crippen MR) is 89.7 cm³/mol. The topological polar surface area (TPSA) is 57.8 Å². The molecule has 0 spiro atoms. The number of halogens is 1. The molecule has 6 heteroatoms. The number of amides is 1. The van der Waals surface area contributed by atoms with Crippen molar-refractivity contribution in [2.24, 2.45) is 0 Å². The van der Waals surface area contributed by atoms with E-state index in [0.29, 0.717) is 15.0 Å². The smallest absolute Gasteiger partial charge is 0.266 e. The summed E-state index contributed by atoms with van der Waals surface area (Å²) in [6.45, 7) is 0. The van der Waals surface area contributed by atoms with Gasteiger partial charge in [0.1, 0.15) is 0 Å². The average molecular weight is 332 g/mol. The SMILES string of the molecule is O=C(Nc1cc(CCc2ccccc2)[nH]n1)c1ccc(Cl)s1. The largest absolute Gasteiger partial charge is 0.304 e. The third-order valence-electron chi connectivity index (χ3n) is 3.20. The number of carbonyl (C=O) groups is 1. The molecule has 1 amide bonds. The summed E-state index contributed by atoms with van der Waals surface area (Å²) in [5.74, 6) is 0.329. The Morgan fingerprint density at radius 1 is 1.18 bits per heavy atom. The van der Waals surface area contributed by atoms with Gasteiger partial charge in [-0.15, -0.1) is 11.3 Å². The van der Waals surface area contributed by atoms with Crippen LogP contribution in [0.1, 0.15) is 20.9 Å². The number of thiophene rings is 1. The molecule has 3 aromatic rings. The minimum atomic E-state index is -0.196. The van der Waals surface area contributed by atoms with Crippen molar-refractivity contribution in [2.45, 2.75) is 12.8 Å². The Kier molecular flexibility index (Phi) is 4.56. The van der Waals surface area contributed by atoms with Crippen LogP contribution in [0.15, 0.2) is 48.5 Å². The molecular formula is C16H14ClN3OS. The Morgan fingerprint density at radius 3 is 2.73 bits per heavy atom. The Hall–Kier alpha value is -2.11. The molecule has 0 saturated carbocycles. The van der Waals surface area contributed by atoms with E-state index in [-0.39, 0.29) is 5.91 Å². The molecule has 112 valence electrons. The summed E-state index contributed by atoms with van der Waals surface area (Å²) in [6.07, 6.45) is 1.77. The first-order valence-corrected chi connectivity index (χ1v) is 8.05. The Bertz CT molecular complexity index is 767. The highest BCUT2D eigenvalue weighted by Gasteiger charge is 2.11. The third kappa shape index (κ3) is 3.75. The van der Waals surface area contributed by atoms with Crippen LogP contribution in [0.5, 0.6) is 0 Å². The van der Waals surface area contributed by atoms with Crippen molar-refractivity contribution in [1.29, 1.82) is 0 Å². The number of aromatic nitrogens is 2. The van der Waals surface area contributed by atoms with Gasteiger partial charge in [0.25, 0.3) is 5.91 Å². The van der Waals surface area contributed by atoms with Crippen LogP contribution in [0.4, 0.5) is 5.82 Å². The molecule has 0 aliphatic carbocycles. The van der Waals surface area contributed by atoms with Crippen molar-refractivity contribution in [3.8, 4) is 0 Å². The first kappa shape index (κ1) is 14.8. The molecule has 2 N–H and O–H groups in total. The van der Waals surface area contributed by atoms with E-state index < -0.39 is 0 Å². The molecule has 22 heavy (non-hydrogen) atoms. The molecule has 2 aromatic heterocycles. The van der Waals surface area contributed by atoms with Crippen molar-refractivity contribution in [3.63, 3.8) is 0 Å². The van der Waals surface area contributed by atoms with Crippen LogP contribution in [-0.2, 0) is 12.8 Å². The maximum Gasteiger partial charge on any atom is 0.266 e. The second-order valence-corrected chi connectivity index (χ2v) is 6.54. The van der Waals surface area contributed by atoms with Crippen molar-refractivity contribution < 1.29 is 4.79 Å². The van der Waals surface area contributed by atoms with Gasteiger partial charge in [-0.2, -0.15) is 5.10 Å². The van der Waals surface area contributed by atoms with Crippen LogP contribution >= 0.6 is 22.9 Å². The number of aromatic amines is 1. The number of benzene rings is 1. The second kappa shape index (κ2) is 6.77.